The maximum Gasteiger partial charge on any atom is 0.0712 e. The third-order valence-corrected chi connectivity index (χ3v) is 4.46. The molecule has 4 nitrogen and oxygen atoms in total. The van der Waals surface area contributed by atoms with Gasteiger partial charge in [0.05, 0.1) is 22.4 Å². The van der Waals surface area contributed by atoms with Gasteiger partial charge in [0.2, 0.25) is 0 Å². The van der Waals surface area contributed by atoms with Crippen molar-refractivity contribution in [1.29, 1.82) is 0 Å². The Hall–Kier alpha value is -0.390. The summed E-state index contributed by atoms with van der Waals surface area (Å²) in [7, 11) is 0. The summed E-state index contributed by atoms with van der Waals surface area (Å²) in [5, 5.41) is 4.43. The van der Waals surface area contributed by atoms with Crippen LogP contribution >= 0.6 is 15.9 Å². The second kappa shape index (κ2) is 6.17. The molecule has 0 amide bonds. The van der Waals surface area contributed by atoms with E-state index >= 15 is 0 Å². The summed E-state index contributed by atoms with van der Waals surface area (Å²) in [6.45, 7) is 4.29. The fourth-order valence-electron chi connectivity index (χ4n) is 2.93. The molecule has 1 aromatic heterocycles. The summed E-state index contributed by atoms with van der Waals surface area (Å²) < 4.78 is 3.11. The summed E-state index contributed by atoms with van der Waals surface area (Å²) in [5.41, 5.74) is 4.16. The van der Waals surface area contributed by atoms with E-state index in [0.29, 0.717) is 6.04 Å². The molecule has 0 saturated heterocycles. The maximum atomic E-state index is 5.77. The average Bonchev–Trinajstić information content (AvgIpc) is 2.95. The van der Waals surface area contributed by atoms with Gasteiger partial charge in [-0.2, -0.15) is 5.10 Å². The number of nitrogens with one attached hydrogen (secondary N) is 1. The van der Waals surface area contributed by atoms with E-state index in [2.05, 4.69) is 45.0 Å². The molecule has 1 atom stereocenters. The van der Waals surface area contributed by atoms with Gasteiger partial charge < -0.3 is 0 Å². The Morgan fingerprint density at radius 3 is 2.72 bits per heavy atom. The fraction of sp³-hybridized carbons (Fsp3) is 0.769. The van der Waals surface area contributed by atoms with E-state index in [-0.39, 0.29) is 6.04 Å². The molecule has 0 spiro atoms. The first-order valence-electron chi connectivity index (χ1n) is 6.82. The largest absolute Gasteiger partial charge is 0.271 e. The van der Waals surface area contributed by atoms with Gasteiger partial charge in [-0.3, -0.25) is 16.0 Å². The highest BCUT2D eigenvalue weighted by Crippen LogP contribution is 2.35. The van der Waals surface area contributed by atoms with Crippen molar-refractivity contribution < 1.29 is 0 Å². The lowest BCUT2D eigenvalue weighted by molar-refractivity contribution is 0.368. The molecular weight excluding hydrogens is 292 g/mol. The van der Waals surface area contributed by atoms with Gasteiger partial charge in [0.25, 0.3) is 0 Å². The second-order valence-corrected chi connectivity index (χ2v) is 6.38. The van der Waals surface area contributed by atoms with Crippen molar-refractivity contribution in [3.05, 3.63) is 16.4 Å². The molecule has 3 N–H and O–H groups in total. The summed E-state index contributed by atoms with van der Waals surface area (Å²) in [5.74, 6) is 6.57. The van der Waals surface area contributed by atoms with Crippen LogP contribution in [0.2, 0.25) is 0 Å². The number of hydrogen-bond donors (Lipinski definition) is 2. The van der Waals surface area contributed by atoms with Crippen LogP contribution in [0.25, 0.3) is 0 Å². The number of halogens is 1. The highest BCUT2D eigenvalue weighted by molar-refractivity contribution is 9.10. The van der Waals surface area contributed by atoms with Gasteiger partial charge >= 0.3 is 0 Å². The Morgan fingerprint density at radius 2 is 2.17 bits per heavy atom. The van der Waals surface area contributed by atoms with E-state index in [1.165, 1.54) is 31.4 Å². The molecule has 0 aromatic carbocycles. The molecular formula is C13H23BrN4. The van der Waals surface area contributed by atoms with Crippen molar-refractivity contribution in [2.45, 2.75) is 58.0 Å². The Morgan fingerprint density at radius 1 is 1.50 bits per heavy atom. The van der Waals surface area contributed by atoms with E-state index in [1.807, 2.05) is 6.20 Å². The van der Waals surface area contributed by atoms with Crippen LogP contribution in [0.15, 0.2) is 10.7 Å². The quantitative estimate of drug-likeness (QED) is 0.647. The van der Waals surface area contributed by atoms with Crippen LogP contribution in [0.1, 0.15) is 63.7 Å². The lowest BCUT2D eigenvalue weighted by Gasteiger charge is -2.23. The monoisotopic (exact) mass is 314 g/mol. The standard InChI is InChI=1S/C13H23BrN4/c1-9(2)18-13(11(14)8-16-18)12(17-15)7-10-5-3-4-6-10/h8-10,12,17H,3-7,15H2,1-2H3. The summed E-state index contributed by atoms with van der Waals surface area (Å²) >= 11 is 3.60. The van der Waals surface area contributed by atoms with Crippen LogP contribution in [0, 0.1) is 5.92 Å². The molecule has 0 radical (unpaired) electrons. The van der Waals surface area contributed by atoms with E-state index in [1.54, 1.807) is 0 Å². The summed E-state index contributed by atoms with van der Waals surface area (Å²) in [6.07, 6.45) is 8.39. The van der Waals surface area contributed by atoms with E-state index in [4.69, 9.17) is 5.84 Å². The Bertz CT molecular complexity index is 382. The van der Waals surface area contributed by atoms with E-state index < -0.39 is 0 Å². The predicted molar refractivity (Wildman–Crippen MR) is 77.0 cm³/mol. The number of hydrazine groups is 1. The van der Waals surface area contributed by atoms with Crippen molar-refractivity contribution >= 4 is 15.9 Å². The van der Waals surface area contributed by atoms with Gasteiger partial charge in [0.1, 0.15) is 0 Å². The number of nitrogens with two attached hydrogens (primary N) is 1. The first-order valence-corrected chi connectivity index (χ1v) is 7.61. The molecule has 18 heavy (non-hydrogen) atoms. The lowest BCUT2D eigenvalue weighted by Crippen LogP contribution is -2.31. The fourth-order valence-corrected chi connectivity index (χ4v) is 3.48. The molecule has 1 aliphatic carbocycles. The first-order chi connectivity index (χ1) is 8.63. The Labute approximate surface area is 117 Å². The number of hydrogen-bond acceptors (Lipinski definition) is 3. The minimum absolute atomic E-state index is 0.187. The molecule has 1 aliphatic rings. The second-order valence-electron chi connectivity index (χ2n) is 5.52. The molecule has 0 bridgehead atoms. The zero-order valence-corrected chi connectivity index (χ0v) is 12.8. The molecule has 1 aromatic rings. The zero-order chi connectivity index (χ0) is 13.1. The molecule has 0 aliphatic heterocycles. The van der Waals surface area contributed by atoms with Crippen molar-refractivity contribution in [1.82, 2.24) is 15.2 Å². The first kappa shape index (κ1) is 14.0. The number of rotatable bonds is 5. The van der Waals surface area contributed by atoms with Crippen molar-refractivity contribution in [2.75, 3.05) is 0 Å². The SMILES string of the molecule is CC(C)n1ncc(Br)c1C(CC1CCCC1)NN. The van der Waals surface area contributed by atoms with Crippen LogP contribution < -0.4 is 11.3 Å². The molecule has 2 rings (SSSR count). The normalized spacial score (nSPS) is 18.7. The molecule has 102 valence electrons. The number of nitrogens with zero attached hydrogens (tertiary/aromatic N) is 2. The van der Waals surface area contributed by atoms with Crippen molar-refractivity contribution in [2.24, 2.45) is 11.8 Å². The van der Waals surface area contributed by atoms with E-state index in [0.717, 1.165) is 16.8 Å². The highest BCUT2D eigenvalue weighted by atomic mass is 79.9. The van der Waals surface area contributed by atoms with Crippen LogP contribution in [0.4, 0.5) is 0 Å². The third kappa shape index (κ3) is 2.95. The predicted octanol–water partition coefficient (Wildman–Crippen LogP) is 3.31. The summed E-state index contributed by atoms with van der Waals surface area (Å²) in [4.78, 5) is 0. The minimum Gasteiger partial charge on any atom is -0.271 e. The molecule has 1 saturated carbocycles. The molecule has 5 heteroatoms. The molecule has 1 unspecified atom stereocenters. The van der Waals surface area contributed by atoms with Gasteiger partial charge in [-0.25, -0.2) is 0 Å². The molecule has 1 heterocycles. The van der Waals surface area contributed by atoms with Crippen molar-refractivity contribution in [3.8, 4) is 0 Å². The maximum absolute atomic E-state index is 5.77. The zero-order valence-electron chi connectivity index (χ0n) is 11.2. The molecule has 1 fully saturated rings. The summed E-state index contributed by atoms with van der Waals surface area (Å²) in [6, 6.07) is 0.540. The Balaban J connectivity index is 2.17. The topological polar surface area (TPSA) is 55.9 Å². The van der Waals surface area contributed by atoms with Crippen LogP contribution in [0.5, 0.6) is 0 Å². The van der Waals surface area contributed by atoms with Crippen LogP contribution in [0.3, 0.4) is 0 Å². The van der Waals surface area contributed by atoms with Crippen molar-refractivity contribution in [3.63, 3.8) is 0 Å². The van der Waals surface area contributed by atoms with Gasteiger partial charge in [-0.15, -0.1) is 0 Å². The highest BCUT2D eigenvalue weighted by Gasteiger charge is 2.25. The van der Waals surface area contributed by atoms with Crippen LogP contribution in [-0.2, 0) is 0 Å². The van der Waals surface area contributed by atoms with Gasteiger partial charge in [-0.1, -0.05) is 25.7 Å². The number of aromatic nitrogens is 2. The lowest BCUT2D eigenvalue weighted by atomic mass is 9.96. The van der Waals surface area contributed by atoms with Gasteiger partial charge in [-0.05, 0) is 42.1 Å². The minimum atomic E-state index is 0.187. The van der Waals surface area contributed by atoms with E-state index in [9.17, 15) is 0 Å². The average molecular weight is 315 g/mol. The van der Waals surface area contributed by atoms with Crippen LogP contribution in [-0.4, -0.2) is 9.78 Å². The van der Waals surface area contributed by atoms with Gasteiger partial charge in [0.15, 0.2) is 0 Å². The Kier molecular flexibility index (Phi) is 4.81. The smallest absolute Gasteiger partial charge is 0.0712 e. The third-order valence-electron chi connectivity index (χ3n) is 3.85. The van der Waals surface area contributed by atoms with Gasteiger partial charge in [0, 0.05) is 6.04 Å².